The number of carbonyl (C=O) groups excluding carboxylic acids is 1. The van der Waals surface area contributed by atoms with E-state index in [1.54, 1.807) is 6.92 Å². The smallest absolute Gasteiger partial charge is 0.336 e. The first kappa shape index (κ1) is 11.2. The lowest BCUT2D eigenvalue weighted by Gasteiger charge is -2.12. The average molecular weight is 196 g/mol. The molecule has 0 bridgehead atoms. The van der Waals surface area contributed by atoms with E-state index in [0.717, 1.165) is 0 Å². The van der Waals surface area contributed by atoms with Crippen LogP contribution in [0.2, 0.25) is 0 Å². The Morgan fingerprint density at radius 1 is 1.83 bits per heavy atom. The van der Waals surface area contributed by atoms with E-state index in [-0.39, 0.29) is 0 Å². The van der Waals surface area contributed by atoms with Gasteiger partial charge in [-0.3, -0.25) is 4.79 Å². The Labute approximate surface area is 74.3 Å². The van der Waals surface area contributed by atoms with Gasteiger partial charge in [0.1, 0.15) is 0 Å². The molecule has 1 amide bonds. The molecule has 0 aliphatic heterocycles. The molecule has 12 heavy (non-hydrogen) atoms. The monoisotopic (exact) mass is 195 g/mol. The van der Waals surface area contributed by atoms with Crippen LogP contribution in [-0.2, 0) is 4.79 Å². The van der Waals surface area contributed by atoms with Crippen molar-refractivity contribution in [3.8, 4) is 12.3 Å². The Morgan fingerprint density at radius 2 is 2.33 bits per heavy atom. The minimum absolute atomic E-state index is 0.384. The number of hydrogen-bond acceptors (Lipinski definition) is 1. The summed E-state index contributed by atoms with van der Waals surface area (Å²) in [5, 5.41) is -1.99. The Bertz CT molecular complexity index is 206. The van der Waals surface area contributed by atoms with Crippen molar-refractivity contribution in [2.75, 3.05) is 0 Å². The van der Waals surface area contributed by atoms with Crippen molar-refractivity contribution in [3.63, 3.8) is 0 Å². The third-order valence-corrected chi connectivity index (χ3v) is 1.34. The standard InChI is InChI=1S/C7H8ClF2NO/c1-3-5(4-2)11-6(12)7(8,9)10/h1,5H,4H2,2H3,(H,11,12). The second kappa shape index (κ2) is 4.27. The Kier molecular flexibility index (Phi) is 3.98. The lowest BCUT2D eigenvalue weighted by molar-refractivity contribution is -0.136. The maximum Gasteiger partial charge on any atom is 0.399 e. The van der Waals surface area contributed by atoms with E-state index in [1.807, 2.05) is 5.32 Å². The molecule has 0 spiro atoms. The maximum atomic E-state index is 12.0. The van der Waals surface area contributed by atoms with E-state index < -0.39 is 17.3 Å². The molecule has 0 rings (SSSR count). The summed E-state index contributed by atoms with van der Waals surface area (Å²) in [7, 11) is 0. The van der Waals surface area contributed by atoms with Crippen LogP contribution in [0.3, 0.4) is 0 Å². The van der Waals surface area contributed by atoms with Gasteiger partial charge in [-0.2, -0.15) is 8.78 Å². The predicted molar refractivity (Wildman–Crippen MR) is 41.9 cm³/mol. The molecule has 5 heteroatoms. The molecule has 1 unspecified atom stereocenters. The molecule has 68 valence electrons. The lowest BCUT2D eigenvalue weighted by Crippen LogP contribution is -2.41. The number of nitrogens with one attached hydrogen (secondary N) is 1. The summed E-state index contributed by atoms with van der Waals surface area (Å²) in [5.74, 6) is 0.570. The maximum absolute atomic E-state index is 12.0. The van der Waals surface area contributed by atoms with Crippen molar-refractivity contribution >= 4 is 17.5 Å². The summed E-state index contributed by atoms with van der Waals surface area (Å²) < 4.78 is 24.1. The minimum Gasteiger partial charge on any atom is -0.336 e. The normalized spacial score (nSPS) is 13.2. The van der Waals surface area contributed by atoms with Crippen molar-refractivity contribution in [2.24, 2.45) is 0 Å². The Morgan fingerprint density at radius 3 is 2.58 bits per heavy atom. The largest absolute Gasteiger partial charge is 0.399 e. The van der Waals surface area contributed by atoms with Gasteiger partial charge in [0.25, 0.3) is 0 Å². The summed E-state index contributed by atoms with van der Waals surface area (Å²) >= 11 is 4.43. The van der Waals surface area contributed by atoms with Gasteiger partial charge in [0.2, 0.25) is 0 Å². The topological polar surface area (TPSA) is 29.1 Å². The van der Waals surface area contributed by atoms with Crippen LogP contribution < -0.4 is 5.32 Å². The van der Waals surface area contributed by atoms with E-state index in [1.165, 1.54) is 0 Å². The van der Waals surface area contributed by atoms with Crippen LogP contribution in [-0.4, -0.2) is 17.3 Å². The number of terminal acetylenes is 1. The second-order valence-corrected chi connectivity index (χ2v) is 2.57. The van der Waals surface area contributed by atoms with Crippen molar-refractivity contribution < 1.29 is 13.6 Å². The summed E-state index contributed by atoms with van der Waals surface area (Å²) in [6.07, 6.45) is 5.31. The van der Waals surface area contributed by atoms with E-state index in [9.17, 15) is 13.6 Å². The van der Waals surface area contributed by atoms with Crippen LogP contribution in [0.1, 0.15) is 13.3 Å². The van der Waals surface area contributed by atoms with Gasteiger partial charge in [0.05, 0.1) is 6.04 Å². The zero-order chi connectivity index (χ0) is 9.78. The Balaban J connectivity index is 4.11. The van der Waals surface area contributed by atoms with Gasteiger partial charge in [0, 0.05) is 0 Å². The molecule has 0 saturated carbocycles. The van der Waals surface area contributed by atoms with Crippen LogP contribution in [0.15, 0.2) is 0 Å². The summed E-state index contributed by atoms with van der Waals surface area (Å²) in [5.41, 5.74) is 0. The molecule has 0 aliphatic carbocycles. The van der Waals surface area contributed by atoms with Crippen LogP contribution in [0, 0.1) is 12.3 Å². The second-order valence-electron chi connectivity index (χ2n) is 2.10. The van der Waals surface area contributed by atoms with Crippen molar-refractivity contribution in [3.05, 3.63) is 0 Å². The van der Waals surface area contributed by atoms with Crippen LogP contribution in [0.4, 0.5) is 8.78 Å². The van der Waals surface area contributed by atoms with Crippen molar-refractivity contribution in [1.29, 1.82) is 0 Å². The molecule has 0 fully saturated rings. The molecule has 2 nitrogen and oxygen atoms in total. The number of rotatable bonds is 3. The quantitative estimate of drug-likeness (QED) is 0.535. The predicted octanol–water partition coefficient (Wildman–Crippen LogP) is 1.35. The zero-order valence-corrected chi connectivity index (χ0v) is 7.16. The highest BCUT2D eigenvalue weighted by molar-refractivity contribution is 6.32. The Hall–Kier alpha value is -0.820. The van der Waals surface area contributed by atoms with Gasteiger partial charge in [0.15, 0.2) is 0 Å². The molecule has 1 N–H and O–H groups in total. The highest BCUT2D eigenvalue weighted by atomic mass is 35.5. The SMILES string of the molecule is C#CC(CC)NC(=O)C(F)(F)Cl. The third-order valence-electron chi connectivity index (χ3n) is 1.17. The summed E-state index contributed by atoms with van der Waals surface area (Å²) in [6.45, 7) is 1.66. The first-order valence-electron chi connectivity index (χ1n) is 3.25. The summed E-state index contributed by atoms with van der Waals surface area (Å²) in [4.78, 5) is 10.5. The van der Waals surface area contributed by atoms with Gasteiger partial charge in [-0.05, 0) is 18.0 Å². The van der Waals surface area contributed by atoms with E-state index in [2.05, 4.69) is 17.5 Å². The fourth-order valence-electron chi connectivity index (χ4n) is 0.502. The van der Waals surface area contributed by atoms with Gasteiger partial charge in [-0.15, -0.1) is 6.42 Å². The minimum atomic E-state index is -3.88. The van der Waals surface area contributed by atoms with Crippen molar-refractivity contribution in [1.82, 2.24) is 5.32 Å². The van der Waals surface area contributed by atoms with Gasteiger partial charge < -0.3 is 5.32 Å². The van der Waals surface area contributed by atoms with Gasteiger partial charge in [-0.1, -0.05) is 12.8 Å². The van der Waals surface area contributed by atoms with Gasteiger partial charge in [-0.25, -0.2) is 0 Å². The molecule has 0 aromatic carbocycles. The van der Waals surface area contributed by atoms with Crippen molar-refractivity contribution in [2.45, 2.75) is 24.8 Å². The zero-order valence-electron chi connectivity index (χ0n) is 6.40. The molecule has 0 radical (unpaired) electrons. The van der Waals surface area contributed by atoms with Crippen LogP contribution >= 0.6 is 11.6 Å². The molecule has 0 aromatic heterocycles. The molecular weight excluding hydrogens is 188 g/mol. The number of alkyl halides is 3. The fourth-order valence-corrected chi connectivity index (χ4v) is 0.556. The van der Waals surface area contributed by atoms with Gasteiger partial charge >= 0.3 is 11.3 Å². The molecular formula is C7H8ClF2NO. The highest BCUT2D eigenvalue weighted by Gasteiger charge is 2.36. The number of carbonyl (C=O) groups is 1. The summed E-state index contributed by atoms with van der Waals surface area (Å²) in [6, 6.07) is -0.692. The lowest BCUT2D eigenvalue weighted by atomic mass is 10.2. The molecule has 1 atom stereocenters. The fraction of sp³-hybridized carbons (Fsp3) is 0.571. The number of hydrogen-bond donors (Lipinski definition) is 1. The molecule has 0 heterocycles. The van der Waals surface area contributed by atoms with Crippen LogP contribution in [0.5, 0.6) is 0 Å². The number of amides is 1. The van der Waals surface area contributed by atoms with Crippen LogP contribution in [0.25, 0.3) is 0 Å². The molecule has 0 saturated heterocycles. The van der Waals surface area contributed by atoms with E-state index in [0.29, 0.717) is 6.42 Å². The van der Waals surface area contributed by atoms with E-state index >= 15 is 0 Å². The first-order valence-corrected chi connectivity index (χ1v) is 3.63. The number of halogens is 3. The molecule has 0 aromatic rings. The first-order chi connectivity index (χ1) is 5.41. The highest BCUT2D eigenvalue weighted by Crippen LogP contribution is 2.18. The third kappa shape index (κ3) is 3.54. The molecule has 0 aliphatic rings. The average Bonchev–Trinajstić information content (AvgIpc) is 1.97. The van der Waals surface area contributed by atoms with E-state index in [4.69, 9.17) is 6.42 Å².